The van der Waals surface area contributed by atoms with Crippen molar-refractivity contribution in [2.24, 2.45) is 5.73 Å². The Kier molecular flexibility index (Phi) is 4.20. The Bertz CT molecular complexity index is 469. The molecule has 0 atom stereocenters. The van der Waals surface area contributed by atoms with Crippen molar-refractivity contribution >= 4 is 5.82 Å². The van der Waals surface area contributed by atoms with E-state index in [1.165, 1.54) is 0 Å². The lowest BCUT2D eigenvalue weighted by atomic mass is 10.2. The van der Waals surface area contributed by atoms with Gasteiger partial charge in [0.25, 0.3) is 0 Å². The molecule has 2 N–H and O–H groups in total. The molecule has 5 nitrogen and oxygen atoms in total. The molecular weight excluding hydrogens is 226 g/mol. The number of rotatable bonds is 5. The summed E-state index contributed by atoms with van der Waals surface area (Å²) >= 11 is 0. The Hall–Kier alpha value is -2.01. The van der Waals surface area contributed by atoms with Gasteiger partial charge < -0.3 is 10.6 Å². The minimum Gasteiger partial charge on any atom is -0.358 e. The van der Waals surface area contributed by atoms with Crippen molar-refractivity contribution in [2.75, 3.05) is 18.5 Å². The molecule has 2 rings (SSSR count). The zero-order valence-electron chi connectivity index (χ0n) is 10.5. The smallest absolute Gasteiger partial charge is 0.150 e. The van der Waals surface area contributed by atoms with Gasteiger partial charge >= 0.3 is 0 Å². The van der Waals surface area contributed by atoms with Crippen molar-refractivity contribution in [1.29, 1.82) is 0 Å². The molecule has 2 aromatic heterocycles. The summed E-state index contributed by atoms with van der Waals surface area (Å²) in [5.41, 5.74) is 7.37. The molecule has 2 aromatic rings. The maximum Gasteiger partial charge on any atom is 0.150 e. The second kappa shape index (κ2) is 6.07. The second-order valence-corrected chi connectivity index (χ2v) is 4.08. The molecule has 0 aliphatic heterocycles. The fraction of sp³-hybridized carbons (Fsp3) is 0.308. The van der Waals surface area contributed by atoms with Gasteiger partial charge in [-0.25, -0.2) is 0 Å². The summed E-state index contributed by atoms with van der Waals surface area (Å²) in [6.07, 6.45) is 2.70. The number of pyridine rings is 1. The highest BCUT2D eigenvalue weighted by Gasteiger charge is 2.04. The van der Waals surface area contributed by atoms with Crippen LogP contribution in [-0.2, 0) is 13.0 Å². The van der Waals surface area contributed by atoms with E-state index in [4.69, 9.17) is 5.73 Å². The first-order valence-electron chi connectivity index (χ1n) is 5.93. The summed E-state index contributed by atoms with van der Waals surface area (Å²) in [7, 11) is 2.00. The van der Waals surface area contributed by atoms with E-state index in [0.717, 1.165) is 30.2 Å². The molecule has 0 bridgehead atoms. The maximum atomic E-state index is 5.49. The number of hydrogen-bond acceptors (Lipinski definition) is 5. The van der Waals surface area contributed by atoms with E-state index in [-0.39, 0.29) is 0 Å². The lowest BCUT2D eigenvalue weighted by molar-refractivity contribution is 0.809. The van der Waals surface area contributed by atoms with Crippen molar-refractivity contribution in [3.8, 4) is 0 Å². The van der Waals surface area contributed by atoms with Crippen LogP contribution in [0.2, 0.25) is 0 Å². The Morgan fingerprint density at radius 2 is 2.00 bits per heavy atom. The molecular formula is C13H17N5. The summed E-state index contributed by atoms with van der Waals surface area (Å²) in [5, 5.41) is 8.18. The lowest BCUT2D eigenvalue weighted by Gasteiger charge is -2.17. The van der Waals surface area contributed by atoms with Gasteiger partial charge in [0.1, 0.15) is 0 Å². The van der Waals surface area contributed by atoms with Crippen molar-refractivity contribution < 1.29 is 0 Å². The molecule has 0 aromatic carbocycles. The summed E-state index contributed by atoms with van der Waals surface area (Å²) in [6.45, 7) is 1.28. The number of aromatic nitrogens is 3. The third-order valence-corrected chi connectivity index (χ3v) is 2.74. The molecule has 0 radical (unpaired) electrons. The van der Waals surface area contributed by atoms with Crippen LogP contribution in [0.4, 0.5) is 5.82 Å². The Labute approximate surface area is 107 Å². The number of nitrogens with two attached hydrogens (primary N) is 1. The molecule has 94 valence electrons. The monoisotopic (exact) mass is 243 g/mol. The Morgan fingerprint density at radius 3 is 2.61 bits per heavy atom. The molecule has 0 fully saturated rings. The average molecular weight is 243 g/mol. The first-order valence-corrected chi connectivity index (χ1v) is 5.93. The number of likely N-dealkylation sites (N-methyl/N-ethyl adjacent to an activating group) is 1. The molecule has 18 heavy (non-hydrogen) atoms. The lowest BCUT2D eigenvalue weighted by Crippen LogP contribution is -2.22. The van der Waals surface area contributed by atoms with Gasteiger partial charge in [-0.1, -0.05) is 6.07 Å². The zero-order valence-corrected chi connectivity index (χ0v) is 10.5. The van der Waals surface area contributed by atoms with E-state index in [1.54, 1.807) is 0 Å². The minimum atomic E-state index is 0.422. The highest BCUT2D eigenvalue weighted by molar-refractivity contribution is 5.36. The normalized spacial score (nSPS) is 10.3. The number of hydrogen-bond donors (Lipinski definition) is 1. The van der Waals surface area contributed by atoms with Gasteiger partial charge in [0.05, 0.1) is 5.69 Å². The predicted octanol–water partition coefficient (Wildman–Crippen LogP) is 1.01. The maximum absolute atomic E-state index is 5.49. The standard InChI is InChI=1S/C13H17N5/c1-18(9-7-11-4-2-3-8-15-11)13-6-5-12(10-14)16-17-13/h2-6,8H,7,9-10,14H2,1H3. The summed E-state index contributed by atoms with van der Waals surface area (Å²) in [5.74, 6) is 0.850. The molecule has 0 saturated heterocycles. The quantitative estimate of drug-likeness (QED) is 0.848. The molecule has 0 aliphatic rings. The van der Waals surface area contributed by atoms with E-state index in [1.807, 2.05) is 43.6 Å². The molecule has 2 heterocycles. The van der Waals surface area contributed by atoms with Gasteiger partial charge in [-0.3, -0.25) is 4.98 Å². The van der Waals surface area contributed by atoms with Crippen LogP contribution in [0.15, 0.2) is 36.5 Å². The van der Waals surface area contributed by atoms with Crippen LogP contribution < -0.4 is 10.6 Å². The van der Waals surface area contributed by atoms with Crippen LogP contribution >= 0.6 is 0 Å². The average Bonchev–Trinajstić information content (AvgIpc) is 2.46. The third-order valence-electron chi connectivity index (χ3n) is 2.74. The summed E-state index contributed by atoms with van der Waals surface area (Å²) in [4.78, 5) is 6.35. The molecule has 0 saturated carbocycles. The van der Waals surface area contributed by atoms with Gasteiger partial charge in [0, 0.05) is 38.4 Å². The van der Waals surface area contributed by atoms with Crippen molar-refractivity contribution in [2.45, 2.75) is 13.0 Å². The van der Waals surface area contributed by atoms with Crippen molar-refractivity contribution in [3.63, 3.8) is 0 Å². The van der Waals surface area contributed by atoms with E-state index in [2.05, 4.69) is 20.1 Å². The van der Waals surface area contributed by atoms with E-state index in [0.29, 0.717) is 6.54 Å². The third kappa shape index (κ3) is 3.24. The highest BCUT2D eigenvalue weighted by Crippen LogP contribution is 2.08. The SMILES string of the molecule is CN(CCc1ccccn1)c1ccc(CN)nn1. The summed E-state index contributed by atoms with van der Waals surface area (Å²) in [6, 6.07) is 9.78. The van der Waals surface area contributed by atoms with E-state index >= 15 is 0 Å². The van der Waals surface area contributed by atoms with E-state index < -0.39 is 0 Å². The molecule has 5 heteroatoms. The van der Waals surface area contributed by atoms with Gasteiger partial charge in [0.2, 0.25) is 0 Å². The van der Waals surface area contributed by atoms with Gasteiger partial charge in [-0.15, -0.1) is 5.10 Å². The Morgan fingerprint density at radius 1 is 1.11 bits per heavy atom. The fourth-order valence-corrected chi connectivity index (χ4v) is 1.61. The van der Waals surface area contributed by atoms with Crippen molar-refractivity contribution in [1.82, 2.24) is 15.2 Å². The van der Waals surface area contributed by atoms with E-state index in [9.17, 15) is 0 Å². The van der Waals surface area contributed by atoms with Crippen molar-refractivity contribution in [3.05, 3.63) is 47.9 Å². The number of anilines is 1. The first kappa shape index (κ1) is 12.4. The molecule has 0 spiro atoms. The Balaban J connectivity index is 1.93. The van der Waals surface area contributed by atoms with Crippen LogP contribution in [0, 0.1) is 0 Å². The zero-order chi connectivity index (χ0) is 12.8. The van der Waals surface area contributed by atoms with Gasteiger partial charge in [0.15, 0.2) is 5.82 Å². The predicted molar refractivity (Wildman–Crippen MR) is 71.1 cm³/mol. The summed E-state index contributed by atoms with van der Waals surface area (Å²) < 4.78 is 0. The van der Waals surface area contributed by atoms with Crippen LogP contribution in [-0.4, -0.2) is 28.8 Å². The minimum absolute atomic E-state index is 0.422. The second-order valence-electron chi connectivity index (χ2n) is 4.08. The molecule has 0 unspecified atom stereocenters. The van der Waals surface area contributed by atoms with Crippen LogP contribution in [0.1, 0.15) is 11.4 Å². The van der Waals surface area contributed by atoms with Gasteiger partial charge in [-0.05, 0) is 24.3 Å². The van der Waals surface area contributed by atoms with Crippen LogP contribution in [0.5, 0.6) is 0 Å². The molecule has 0 amide bonds. The van der Waals surface area contributed by atoms with Gasteiger partial charge in [-0.2, -0.15) is 5.10 Å². The highest BCUT2D eigenvalue weighted by atomic mass is 15.2. The number of nitrogens with zero attached hydrogens (tertiary/aromatic N) is 4. The van der Waals surface area contributed by atoms with Crippen LogP contribution in [0.25, 0.3) is 0 Å². The topological polar surface area (TPSA) is 67.9 Å². The molecule has 0 aliphatic carbocycles. The largest absolute Gasteiger partial charge is 0.358 e. The van der Waals surface area contributed by atoms with Crippen LogP contribution in [0.3, 0.4) is 0 Å². The first-order chi connectivity index (χ1) is 8.79. The fourth-order valence-electron chi connectivity index (χ4n) is 1.61.